The average Bonchev–Trinajstić information content (AvgIpc) is 3.03. The molecule has 0 aliphatic carbocycles. The van der Waals surface area contributed by atoms with Gasteiger partial charge in [-0.25, -0.2) is 0 Å². The Morgan fingerprint density at radius 2 is 1.86 bits per heavy atom. The number of esters is 1. The largest absolute Gasteiger partial charge is 0.455 e. The molecule has 0 aromatic heterocycles. The van der Waals surface area contributed by atoms with E-state index in [4.69, 9.17) is 39.5 Å². The summed E-state index contributed by atoms with van der Waals surface area (Å²) in [4.78, 5) is 37.9. The minimum absolute atomic E-state index is 0.0302. The molecule has 1 aliphatic heterocycles. The van der Waals surface area contributed by atoms with Crippen LogP contribution in [-0.4, -0.2) is 30.9 Å². The fourth-order valence-electron chi connectivity index (χ4n) is 2.81. The van der Waals surface area contributed by atoms with Crippen molar-refractivity contribution in [3.8, 4) is 0 Å². The number of nitrogens with one attached hydrogen (secondary N) is 1. The van der Waals surface area contributed by atoms with Gasteiger partial charge in [0.05, 0.1) is 16.6 Å². The van der Waals surface area contributed by atoms with E-state index in [2.05, 4.69) is 5.32 Å². The molecule has 1 atom stereocenters. The van der Waals surface area contributed by atoms with E-state index in [-0.39, 0.29) is 18.9 Å². The zero-order valence-electron chi connectivity index (χ0n) is 14.5. The number of carbonyl (C=O) groups excluding carboxylic acids is 3. The summed E-state index contributed by atoms with van der Waals surface area (Å²) in [5.74, 6) is -2.10. The lowest BCUT2D eigenvalue weighted by Gasteiger charge is -2.18. The zero-order chi connectivity index (χ0) is 20.3. The molecule has 2 amide bonds. The van der Waals surface area contributed by atoms with E-state index in [0.29, 0.717) is 26.4 Å². The summed E-state index contributed by atoms with van der Waals surface area (Å²) >= 11 is 17.9. The smallest absolute Gasteiger partial charge is 0.311 e. The normalized spacial score (nSPS) is 16.2. The number of amides is 2. The zero-order valence-corrected chi connectivity index (χ0v) is 16.7. The Balaban J connectivity index is 1.56. The maximum Gasteiger partial charge on any atom is 0.311 e. The minimum Gasteiger partial charge on any atom is -0.455 e. The summed E-state index contributed by atoms with van der Waals surface area (Å²) in [6.45, 7) is -0.360. The van der Waals surface area contributed by atoms with Gasteiger partial charge in [-0.2, -0.15) is 0 Å². The van der Waals surface area contributed by atoms with Gasteiger partial charge < -0.3 is 15.0 Å². The highest BCUT2D eigenvalue weighted by Crippen LogP contribution is 2.33. The topological polar surface area (TPSA) is 75.7 Å². The first-order chi connectivity index (χ1) is 13.3. The predicted octanol–water partition coefficient (Wildman–Crippen LogP) is 4.18. The van der Waals surface area contributed by atoms with E-state index >= 15 is 0 Å². The molecule has 2 aromatic carbocycles. The van der Waals surface area contributed by atoms with E-state index in [1.165, 1.54) is 4.90 Å². The third-order valence-electron chi connectivity index (χ3n) is 4.11. The second-order valence-electron chi connectivity index (χ2n) is 6.17. The molecule has 1 saturated heterocycles. The highest BCUT2D eigenvalue weighted by atomic mass is 35.5. The number of rotatable bonds is 5. The van der Waals surface area contributed by atoms with Crippen molar-refractivity contribution in [3.05, 3.63) is 57.5 Å². The summed E-state index contributed by atoms with van der Waals surface area (Å²) in [6, 6.07) is 11.3. The lowest BCUT2D eigenvalue weighted by molar-refractivity contribution is -0.151. The second kappa shape index (κ2) is 8.82. The van der Waals surface area contributed by atoms with Gasteiger partial charge in [-0.05, 0) is 36.4 Å². The molecule has 1 fully saturated rings. The van der Waals surface area contributed by atoms with Crippen molar-refractivity contribution in [1.82, 2.24) is 0 Å². The highest BCUT2D eigenvalue weighted by molar-refractivity contribution is 6.36. The molecule has 3 rings (SSSR count). The van der Waals surface area contributed by atoms with Crippen LogP contribution in [0.25, 0.3) is 0 Å². The van der Waals surface area contributed by atoms with Crippen molar-refractivity contribution < 1.29 is 19.1 Å². The molecule has 6 nitrogen and oxygen atoms in total. The van der Waals surface area contributed by atoms with Crippen LogP contribution in [0.1, 0.15) is 6.42 Å². The van der Waals surface area contributed by atoms with E-state index < -0.39 is 24.4 Å². The number of hydrogen-bond acceptors (Lipinski definition) is 4. The predicted molar refractivity (Wildman–Crippen MR) is 108 cm³/mol. The van der Waals surface area contributed by atoms with E-state index in [1.807, 2.05) is 0 Å². The van der Waals surface area contributed by atoms with Crippen LogP contribution < -0.4 is 10.2 Å². The third-order valence-corrected chi connectivity index (χ3v) is 4.90. The Kier molecular flexibility index (Phi) is 6.44. The van der Waals surface area contributed by atoms with E-state index in [1.54, 1.807) is 42.5 Å². The summed E-state index contributed by atoms with van der Waals surface area (Å²) in [5.41, 5.74) is 0.930. The molecule has 1 aliphatic rings. The molecule has 9 heteroatoms. The highest BCUT2D eigenvalue weighted by Gasteiger charge is 2.37. The van der Waals surface area contributed by atoms with Crippen LogP contribution in [0.5, 0.6) is 0 Å². The number of carbonyl (C=O) groups is 3. The summed E-state index contributed by atoms with van der Waals surface area (Å²) in [7, 11) is 0. The van der Waals surface area contributed by atoms with E-state index in [0.717, 1.165) is 0 Å². The number of hydrogen-bond donors (Lipinski definition) is 1. The fourth-order valence-corrected chi connectivity index (χ4v) is 3.38. The van der Waals surface area contributed by atoms with Crippen LogP contribution in [0.3, 0.4) is 0 Å². The lowest BCUT2D eigenvalue weighted by Crippen LogP contribution is -2.28. The summed E-state index contributed by atoms with van der Waals surface area (Å²) < 4.78 is 5.05. The van der Waals surface area contributed by atoms with Crippen LogP contribution in [-0.2, 0) is 19.1 Å². The SMILES string of the molecule is O=C(COC(=O)[C@H]1CC(=O)N(c2cc(Cl)ccc2Cl)C1)Nc1cccc(Cl)c1. The molecular weight excluding hydrogens is 427 g/mol. The third kappa shape index (κ3) is 4.95. The van der Waals surface area contributed by atoms with Gasteiger partial charge >= 0.3 is 5.97 Å². The molecule has 28 heavy (non-hydrogen) atoms. The number of ether oxygens (including phenoxy) is 1. The van der Waals surface area contributed by atoms with Gasteiger partial charge in [-0.3, -0.25) is 14.4 Å². The number of halogens is 3. The first kappa shape index (κ1) is 20.5. The standard InChI is InChI=1S/C19H15Cl3N2O4/c20-12-2-1-3-14(7-12)23-17(25)10-28-19(27)11-6-18(26)24(9-11)16-8-13(21)4-5-15(16)22/h1-5,7-8,11H,6,9-10H2,(H,23,25)/t11-/m0/s1. The molecule has 0 bridgehead atoms. The van der Waals surface area contributed by atoms with Crippen LogP contribution >= 0.6 is 34.8 Å². The monoisotopic (exact) mass is 440 g/mol. The first-order valence-electron chi connectivity index (χ1n) is 8.31. The fraction of sp³-hybridized carbons (Fsp3) is 0.211. The van der Waals surface area contributed by atoms with Gasteiger partial charge in [0.2, 0.25) is 5.91 Å². The van der Waals surface area contributed by atoms with Crippen LogP contribution in [0.4, 0.5) is 11.4 Å². The minimum atomic E-state index is -0.693. The van der Waals surface area contributed by atoms with Crippen molar-refractivity contribution in [2.24, 2.45) is 5.92 Å². The molecule has 0 saturated carbocycles. The van der Waals surface area contributed by atoms with Gasteiger partial charge in [-0.15, -0.1) is 0 Å². The lowest BCUT2D eigenvalue weighted by atomic mass is 10.1. The first-order valence-corrected chi connectivity index (χ1v) is 9.44. The number of nitrogens with zero attached hydrogens (tertiary/aromatic N) is 1. The van der Waals surface area contributed by atoms with Crippen LogP contribution in [0, 0.1) is 5.92 Å². The summed E-state index contributed by atoms with van der Waals surface area (Å²) in [5, 5.41) is 3.83. The number of anilines is 2. The quantitative estimate of drug-likeness (QED) is 0.706. The molecule has 1 heterocycles. The maximum absolute atomic E-state index is 12.3. The average molecular weight is 442 g/mol. The van der Waals surface area contributed by atoms with Gasteiger partial charge in [0.15, 0.2) is 6.61 Å². The van der Waals surface area contributed by atoms with Crippen molar-refractivity contribution in [1.29, 1.82) is 0 Å². The molecule has 146 valence electrons. The Morgan fingerprint density at radius 3 is 2.61 bits per heavy atom. The summed E-state index contributed by atoms with van der Waals surface area (Å²) in [6.07, 6.45) is -0.0302. The maximum atomic E-state index is 12.3. The molecule has 0 radical (unpaired) electrons. The molecule has 1 N–H and O–H groups in total. The van der Waals surface area contributed by atoms with Crippen molar-refractivity contribution >= 4 is 64.0 Å². The van der Waals surface area contributed by atoms with Crippen molar-refractivity contribution in [2.45, 2.75) is 6.42 Å². The van der Waals surface area contributed by atoms with Gasteiger partial charge in [0.25, 0.3) is 5.91 Å². The Bertz CT molecular complexity index is 935. The van der Waals surface area contributed by atoms with Crippen molar-refractivity contribution in [3.63, 3.8) is 0 Å². The Morgan fingerprint density at radius 1 is 1.11 bits per heavy atom. The number of benzene rings is 2. The van der Waals surface area contributed by atoms with Crippen LogP contribution in [0.15, 0.2) is 42.5 Å². The van der Waals surface area contributed by atoms with Gasteiger partial charge in [-0.1, -0.05) is 40.9 Å². The molecular formula is C19H15Cl3N2O4. The Labute approximate surface area is 176 Å². The second-order valence-corrected chi connectivity index (χ2v) is 7.45. The van der Waals surface area contributed by atoms with Crippen LogP contribution in [0.2, 0.25) is 15.1 Å². The van der Waals surface area contributed by atoms with Crippen molar-refractivity contribution in [2.75, 3.05) is 23.4 Å². The molecule has 0 unspecified atom stereocenters. The van der Waals surface area contributed by atoms with Gasteiger partial charge in [0, 0.05) is 28.7 Å². The molecule has 2 aromatic rings. The van der Waals surface area contributed by atoms with Gasteiger partial charge in [0.1, 0.15) is 0 Å². The Hall–Kier alpha value is -2.28. The molecule has 0 spiro atoms. The van der Waals surface area contributed by atoms with E-state index in [9.17, 15) is 14.4 Å².